The Morgan fingerprint density at radius 2 is 1.82 bits per heavy atom. The molecule has 1 aliphatic heterocycles. The van der Waals surface area contributed by atoms with Gasteiger partial charge in [0, 0.05) is 31.9 Å². The average molecular weight is 243 g/mol. The normalized spacial score (nSPS) is 18.5. The minimum atomic E-state index is -4.32. The van der Waals surface area contributed by atoms with Gasteiger partial charge in [-0.15, -0.1) is 0 Å². The highest BCUT2D eigenvalue weighted by molar-refractivity contribution is 5.49. The lowest BCUT2D eigenvalue weighted by molar-refractivity contribution is -0.137. The van der Waals surface area contributed by atoms with E-state index in [9.17, 15) is 13.2 Å². The molecule has 0 spiro atoms. The van der Waals surface area contributed by atoms with Crippen LogP contribution < -0.4 is 4.90 Å². The lowest BCUT2D eigenvalue weighted by atomic mass is 10.1. The molecule has 1 fully saturated rings. The van der Waals surface area contributed by atoms with Gasteiger partial charge in [0.05, 0.1) is 5.56 Å². The van der Waals surface area contributed by atoms with E-state index in [0.717, 1.165) is 26.2 Å². The first-order valence-corrected chi connectivity index (χ1v) is 5.49. The number of hydrogen-bond donors (Lipinski definition) is 0. The van der Waals surface area contributed by atoms with E-state index in [1.807, 2.05) is 11.9 Å². The van der Waals surface area contributed by atoms with E-state index in [1.165, 1.54) is 12.1 Å². The van der Waals surface area contributed by atoms with E-state index in [1.54, 1.807) is 6.07 Å². The smallest absolute Gasteiger partial charge is 0.369 e. The van der Waals surface area contributed by atoms with Crippen molar-refractivity contribution in [3.05, 3.63) is 29.8 Å². The van der Waals surface area contributed by atoms with Gasteiger partial charge in [0.1, 0.15) is 0 Å². The molecule has 0 unspecified atom stereocenters. The minimum Gasteiger partial charge on any atom is -0.369 e. The average Bonchev–Trinajstić information content (AvgIpc) is 2.29. The second kappa shape index (κ2) is 4.56. The largest absolute Gasteiger partial charge is 0.417 e. The molecule has 1 saturated heterocycles. The SMILES string of the molecule is CN1CCN(c2cc[c]c(C(F)(F)F)c2)CC1. The summed E-state index contributed by atoms with van der Waals surface area (Å²) in [4.78, 5) is 4.14. The highest BCUT2D eigenvalue weighted by atomic mass is 19.4. The molecule has 2 nitrogen and oxygen atoms in total. The Bertz CT molecular complexity index is 382. The summed E-state index contributed by atoms with van der Waals surface area (Å²) in [5, 5.41) is 0. The first-order valence-electron chi connectivity index (χ1n) is 5.49. The molecule has 17 heavy (non-hydrogen) atoms. The standard InChI is InChI=1S/C12H14F3N2/c1-16-5-7-17(8-6-16)11-4-2-3-10(9-11)12(13,14)15/h2,4,9H,5-8H2,1H3. The van der Waals surface area contributed by atoms with Gasteiger partial charge in [0.2, 0.25) is 0 Å². The van der Waals surface area contributed by atoms with Crippen LogP contribution in [0.5, 0.6) is 0 Å². The summed E-state index contributed by atoms with van der Waals surface area (Å²) in [6.07, 6.45) is -4.32. The van der Waals surface area contributed by atoms with Crippen LogP contribution >= 0.6 is 0 Å². The van der Waals surface area contributed by atoms with Crippen molar-refractivity contribution < 1.29 is 13.2 Å². The molecule has 1 heterocycles. The van der Waals surface area contributed by atoms with E-state index in [-0.39, 0.29) is 0 Å². The zero-order chi connectivity index (χ0) is 12.5. The summed E-state index contributed by atoms with van der Waals surface area (Å²) in [7, 11) is 2.01. The molecule has 1 aliphatic rings. The van der Waals surface area contributed by atoms with Crippen molar-refractivity contribution in [3.63, 3.8) is 0 Å². The Morgan fingerprint density at radius 1 is 1.18 bits per heavy atom. The molecule has 1 radical (unpaired) electrons. The van der Waals surface area contributed by atoms with Crippen molar-refractivity contribution in [2.24, 2.45) is 0 Å². The Balaban J connectivity index is 2.16. The van der Waals surface area contributed by atoms with Crippen LogP contribution in [0, 0.1) is 6.07 Å². The van der Waals surface area contributed by atoms with Crippen molar-refractivity contribution in [3.8, 4) is 0 Å². The molecular formula is C12H14F3N2. The third-order valence-electron chi connectivity index (χ3n) is 2.96. The monoisotopic (exact) mass is 243 g/mol. The number of benzene rings is 1. The summed E-state index contributed by atoms with van der Waals surface area (Å²) in [6, 6.07) is 6.43. The third-order valence-corrected chi connectivity index (χ3v) is 2.96. The zero-order valence-electron chi connectivity index (χ0n) is 9.59. The third kappa shape index (κ3) is 2.91. The molecular weight excluding hydrogens is 229 g/mol. The van der Waals surface area contributed by atoms with Crippen LogP contribution in [0.2, 0.25) is 0 Å². The number of rotatable bonds is 1. The van der Waals surface area contributed by atoms with Gasteiger partial charge >= 0.3 is 6.18 Å². The topological polar surface area (TPSA) is 6.48 Å². The van der Waals surface area contributed by atoms with Gasteiger partial charge in [-0.25, -0.2) is 0 Å². The highest BCUT2D eigenvalue weighted by Gasteiger charge is 2.31. The number of piperazine rings is 1. The van der Waals surface area contributed by atoms with E-state index in [4.69, 9.17) is 0 Å². The summed E-state index contributed by atoms with van der Waals surface area (Å²) < 4.78 is 37.6. The molecule has 0 amide bonds. The zero-order valence-corrected chi connectivity index (χ0v) is 9.59. The quantitative estimate of drug-likeness (QED) is 0.746. The van der Waals surface area contributed by atoms with Crippen LogP contribution in [0.1, 0.15) is 5.56 Å². The van der Waals surface area contributed by atoms with Crippen LogP contribution in [0.3, 0.4) is 0 Å². The molecule has 0 atom stereocenters. The Labute approximate surface area is 98.6 Å². The van der Waals surface area contributed by atoms with Crippen LogP contribution in [0.25, 0.3) is 0 Å². The first-order chi connectivity index (χ1) is 7.97. The highest BCUT2D eigenvalue weighted by Crippen LogP contribution is 2.31. The predicted molar refractivity (Wildman–Crippen MR) is 60.0 cm³/mol. The molecule has 0 saturated carbocycles. The van der Waals surface area contributed by atoms with Gasteiger partial charge in [-0.3, -0.25) is 0 Å². The van der Waals surface area contributed by atoms with Gasteiger partial charge in [-0.05, 0) is 25.2 Å². The molecule has 0 aliphatic carbocycles. The second-order valence-corrected chi connectivity index (χ2v) is 4.25. The van der Waals surface area contributed by atoms with Crippen LogP contribution in [-0.4, -0.2) is 38.1 Å². The van der Waals surface area contributed by atoms with Gasteiger partial charge in [-0.2, -0.15) is 13.2 Å². The minimum absolute atomic E-state index is 0.629. The summed E-state index contributed by atoms with van der Waals surface area (Å²) >= 11 is 0. The van der Waals surface area contributed by atoms with Crippen LogP contribution in [0.4, 0.5) is 18.9 Å². The number of hydrogen-bond acceptors (Lipinski definition) is 2. The van der Waals surface area contributed by atoms with E-state index >= 15 is 0 Å². The van der Waals surface area contributed by atoms with Crippen molar-refractivity contribution in [1.29, 1.82) is 0 Å². The van der Waals surface area contributed by atoms with E-state index in [0.29, 0.717) is 5.69 Å². The molecule has 1 aromatic rings. The molecule has 0 aromatic heterocycles. The molecule has 5 heteroatoms. The molecule has 0 bridgehead atoms. The van der Waals surface area contributed by atoms with Gasteiger partial charge in [-0.1, -0.05) is 6.07 Å². The fraction of sp³-hybridized carbons (Fsp3) is 0.500. The van der Waals surface area contributed by atoms with Gasteiger partial charge in [0.25, 0.3) is 0 Å². The van der Waals surface area contributed by atoms with Gasteiger partial charge in [0.15, 0.2) is 0 Å². The Kier molecular flexibility index (Phi) is 3.28. The lowest BCUT2D eigenvalue weighted by Crippen LogP contribution is -2.44. The maximum atomic E-state index is 12.5. The summed E-state index contributed by atoms with van der Waals surface area (Å²) in [5.41, 5.74) is -0.0712. The lowest BCUT2D eigenvalue weighted by Gasteiger charge is -2.34. The fourth-order valence-electron chi connectivity index (χ4n) is 1.88. The van der Waals surface area contributed by atoms with Crippen molar-refractivity contribution in [1.82, 2.24) is 4.90 Å². The maximum absolute atomic E-state index is 12.5. The van der Waals surface area contributed by atoms with Gasteiger partial charge < -0.3 is 9.80 Å². The maximum Gasteiger partial charge on any atom is 0.417 e. The Morgan fingerprint density at radius 3 is 2.41 bits per heavy atom. The Hall–Kier alpha value is -1.23. The van der Waals surface area contributed by atoms with Crippen LogP contribution in [0.15, 0.2) is 18.2 Å². The second-order valence-electron chi connectivity index (χ2n) is 4.25. The molecule has 93 valence electrons. The number of alkyl halides is 3. The first kappa shape index (κ1) is 12.2. The number of likely N-dealkylation sites (N-methyl/N-ethyl adjacent to an activating group) is 1. The van der Waals surface area contributed by atoms with Crippen molar-refractivity contribution in [2.75, 3.05) is 38.1 Å². The van der Waals surface area contributed by atoms with Crippen molar-refractivity contribution >= 4 is 5.69 Å². The van der Waals surface area contributed by atoms with Crippen LogP contribution in [-0.2, 0) is 6.18 Å². The summed E-state index contributed by atoms with van der Waals surface area (Å²) in [6.45, 7) is 3.27. The van der Waals surface area contributed by atoms with E-state index in [2.05, 4.69) is 11.0 Å². The number of nitrogens with zero attached hydrogens (tertiary/aromatic N) is 2. The fourth-order valence-corrected chi connectivity index (χ4v) is 1.88. The molecule has 1 aromatic carbocycles. The molecule has 2 rings (SSSR count). The van der Waals surface area contributed by atoms with Crippen molar-refractivity contribution in [2.45, 2.75) is 6.18 Å². The number of halogens is 3. The molecule has 0 N–H and O–H groups in total. The number of anilines is 1. The predicted octanol–water partition coefficient (Wildman–Crippen LogP) is 2.26. The summed E-state index contributed by atoms with van der Waals surface area (Å²) in [5.74, 6) is 0. The van der Waals surface area contributed by atoms with E-state index < -0.39 is 11.7 Å².